The normalized spacial score (nSPS) is 15.2. The van der Waals surface area contributed by atoms with Gasteiger partial charge in [-0.2, -0.15) is 0 Å². The van der Waals surface area contributed by atoms with E-state index in [2.05, 4.69) is 74.6 Å². The highest BCUT2D eigenvalue weighted by Crippen LogP contribution is 2.26. The summed E-state index contributed by atoms with van der Waals surface area (Å²) in [6.45, 7) is 7.75. The molecule has 1 heteroatoms. The van der Waals surface area contributed by atoms with Gasteiger partial charge in [0.15, 0.2) is 0 Å². The van der Waals surface area contributed by atoms with Crippen molar-refractivity contribution in [1.29, 1.82) is 0 Å². The molecule has 3 rings (SSSR count). The average molecular weight is 279 g/mol. The van der Waals surface area contributed by atoms with E-state index in [9.17, 15) is 0 Å². The first kappa shape index (κ1) is 14.3. The fourth-order valence-corrected chi connectivity index (χ4v) is 2.53. The SMILES string of the molecule is CC(C)(C)c1ccc(-c2ccc(CNC3CC3)cc2)cc1. The minimum Gasteiger partial charge on any atom is -0.310 e. The van der Waals surface area contributed by atoms with E-state index >= 15 is 0 Å². The van der Waals surface area contributed by atoms with Gasteiger partial charge in [0.2, 0.25) is 0 Å². The van der Waals surface area contributed by atoms with Crippen molar-refractivity contribution in [3.8, 4) is 11.1 Å². The van der Waals surface area contributed by atoms with Gasteiger partial charge in [-0.1, -0.05) is 69.3 Å². The van der Waals surface area contributed by atoms with Gasteiger partial charge in [0.05, 0.1) is 0 Å². The molecule has 0 atom stereocenters. The van der Waals surface area contributed by atoms with Gasteiger partial charge in [-0.15, -0.1) is 0 Å². The van der Waals surface area contributed by atoms with Crippen LogP contribution in [0.15, 0.2) is 48.5 Å². The molecule has 1 aliphatic rings. The van der Waals surface area contributed by atoms with Crippen LogP contribution < -0.4 is 5.32 Å². The lowest BCUT2D eigenvalue weighted by molar-refractivity contribution is 0.590. The van der Waals surface area contributed by atoms with E-state index in [-0.39, 0.29) is 5.41 Å². The van der Waals surface area contributed by atoms with Gasteiger partial charge in [-0.3, -0.25) is 0 Å². The Kier molecular flexibility index (Phi) is 3.86. The van der Waals surface area contributed by atoms with E-state index in [0.29, 0.717) is 0 Å². The number of nitrogens with one attached hydrogen (secondary N) is 1. The molecule has 1 saturated carbocycles. The maximum Gasteiger partial charge on any atom is 0.0208 e. The third-order valence-corrected chi connectivity index (χ3v) is 4.21. The van der Waals surface area contributed by atoms with Crippen LogP contribution in [0.25, 0.3) is 11.1 Å². The predicted molar refractivity (Wildman–Crippen MR) is 90.4 cm³/mol. The van der Waals surface area contributed by atoms with E-state index in [1.54, 1.807) is 0 Å². The lowest BCUT2D eigenvalue weighted by Gasteiger charge is -2.19. The van der Waals surface area contributed by atoms with Crippen molar-refractivity contribution >= 4 is 0 Å². The van der Waals surface area contributed by atoms with Crippen LogP contribution in [0.4, 0.5) is 0 Å². The fraction of sp³-hybridized carbons (Fsp3) is 0.400. The van der Waals surface area contributed by atoms with E-state index < -0.39 is 0 Å². The first-order valence-corrected chi connectivity index (χ1v) is 7.96. The first-order chi connectivity index (χ1) is 10.0. The number of benzene rings is 2. The Balaban J connectivity index is 1.70. The molecular weight excluding hydrogens is 254 g/mol. The van der Waals surface area contributed by atoms with E-state index in [0.717, 1.165) is 12.6 Å². The summed E-state index contributed by atoms with van der Waals surface area (Å²) in [6, 6.07) is 18.7. The van der Waals surface area contributed by atoms with Gasteiger partial charge in [0.1, 0.15) is 0 Å². The minimum atomic E-state index is 0.219. The van der Waals surface area contributed by atoms with E-state index in [1.165, 1.54) is 35.1 Å². The summed E-state index contributed by atoms with van der Waals surface area (Å²) in [5.41, 5.74) is 5.57. The van der Waals surface area contributed by atoms with Crippen molar-refractivity contribution in [2.75, 3.05) is 0 Å². The Bertz CT molecular complexity index is 583. The van der Waals surface area contributed by atoms with Crippen molar-refractivity contribution in [3.05, 3.63) is 59.7 Å². The van der Waals surface area contributed by atoms with Crippen molar-refractivity contribution in [2.24, 2.45) is 0 Å². The van der Waals surface area contributed by atoms with Crippen LogP contribution in [0.2, 0.25) is 0 Å². The van der Waals surface area contributed by atoms with Crippen LogP contribution in [0.3, 0.4) is 0 Å². The monoisotopic (exact) mass is 279 g/mol. The lowest BCUT2D eigenvalue weighted by atomic mass is 9.86. The van der Waals surface area contributed by atoms with Gasteiger partial charge < -0.3 is 5.32 Å². The predicted octanol–water partition coefficient (Wildman–Crippen LogP) is 4.90. The zero-order chi connectivity index (χ0) is 14.9. The molecule has 0 unspecified atom stereocenters. The highest BCUT2D eigenvalue weighted by molar-refractivity contribution is 5.64. The van der Waals surface area contributed by atoms with Crippen LogP contribution in [-0.2, 0) is 12.0 Å². The highest BCUT2D eigenvalue weighted by Gasteiger charge is 2.19. The largest absolute Gasteiger partial charge is 0.310 e. The molecule has 1 aliphatic carbocycles. The van der Waals surface area contributed by atoms with Crippen LogP contribution in [0, 0.1) is 0 Å². The van der Waals surface area contributed by atoms with Crippen LogP contribution >= 0.6 is 0 Å². The minimum absolute atomic E-state index is 0.219. The summed E-state index contributed by atoms with van der Waals surface area (Å²) >= 11 is 0. The maximum absolute atomic E-state index is 3.56. The third-order valence-electron chi connectivity index (χ3n) is 4.21. The summed E-state index contributed by atoms with van der Waals surface area (Å²) in [5, 5.41) is 3.56. The molecule has 0 radical (unpaired) electrons. The molecule has 0 aromatic heterocycles. The number of hydrogen-bond acceptors (Lipinski definition) is 1. The number of rotatable bonds is 4. The maximum atomic E-state index is 3.56. The summed E-state index contributed by atoms with van der Waals surface area (Å²) < 4.78 is 0. The van der Waals surface area contributed by atoms with E-state index in [1.807, 2.05) is 0 Å². The Morgan fingerprint density at radius 2 is 1.38 bits per heavy atom. The smallest absolute Gasteiger partial charge is 0.0208 e. The Morgan fingerprint density at radius 3 is 1.86 bits per heavy atom. The molecule has 0 heterocycles. The van der Waals surface area contributed by atoms with Crippen molar-refractivity contribution in [1.82, 2.24) is 5.32 Å². The molecule has 21 heavy (non-hydrogen) atoms. The molecule has 1 fully saturated rings. The Labute approximate surface area is 128 Å². The summed E-state index contributed by atoms with van der Waals surface area (Å²) in [7, 11) is 0. The van der Waals surface area contributed by atoms with Crippen LogP contribution in [0.1, 0.15) is 44.7 Å². The molecule has 110 valence electrons. The molecule has 1 nitrogen and oxygen atoms in total. The summed E-state index contributed by atoms with van der Waals surface area (Å²) in [5.74, 6) is 0. The second-order valence-corrected chi connectivity index (χ2v) is 7.18. The zero-order valence-corrected chi connectivity index (χ0v) is 13.3. The summed E-state index contributed by atoms with van der Waals surface area (Å²) in [6.07, 6.45) is 2.69. The van der Waals surface area contributed by atoms with Crippen molar-refractivity contribution in [3.63, 3.8) is 0 Å². The quantitative estimate of drug-likeness (QED) is 0.839. The molecule has 0 aliphatic heterocycles. The molecule has 0 saturated heterocycles. The average Bonchev–Trinajstić information content (AvgIpc) is 3.29. The highest BCUT2D eigenvalue weighted by atomic mass is 14.9. The van der Waals surface area contributed by atoms with Gasteiger partial charge in [-0.25, -0.2) is 0 Å². The van der Waals surface area contributed by atoms with Gasteiger partial charge >= 0.3 is 0 Å². The van der Waals surface area contributed by atoms with E-state index in [4.69, 9.17) is 0 Å². The molecule has 2 aromatic carbocycles. The lowest BCUT2D eigenvalue weighted by Crippen LogP contribution is -2.15. The van der Waals surface area contributed by atoms with Crippen LogP contribution in [0.5, 0.6) is 0 Å². The fourth-order valence-electron chi connectivity index (χ4n) is 2.53. The molecule has 0 spiro atoms. The standard InChI is InChI=1S/C20H25N/c1-20(2,3)18-10-8-17(9-11-18)16-6-4-15(5-7-16)14-21-19-12-13-19/h4-11,19,21H,12-14H2,1-3H3. The Hall–Kier alpha value is -1.60. The number of hydrogen-bond donors (Lipinski definition) is 1. The van der Waals surface area contributed by atoms with Gasteiger partial charge in [0, 0.05) is 12.6 Å². The molecule has 0 amide bonds. The molecule has 0 bridgehead atoms. The van der Waals surface area contributed by atoms with Gasteiger partial charge in [-0.05, 0) is 40.5 Å². The van der Waals surface area contributed by atoms with Crippen molar-refractivity contribution < 1.29 is 0 Å². The second kappa shape index (κ2) is 5.65. The topological polar surface area (TPSA) is 12.0 Å². The second-order valence-electron chi connectivity index (χ2n) is 7.18. The van der Waals surface area contributed by atoms with Crippen molar-refractivity contribution in [2.45, 2.75) is 51.6 Å². The Morgan fingerprint density at radius 1 is 0.857 bits per heavy atom. The molecule has 2 aromatic rings. The molecule has 1 N–H and O–H groups in total. The first-order valence-electron chi connectivity index (χ1n) is 7.96. The van der Waals surface area contributed by atoms with Crippen LogP contribution in [-0.4, -0.2) is 6.04 Å². The summed E-state index contributed by atoms with van der Waals surface area (Å²) in [4.78, 5) is 0. The zero-order valence-electron chi connectivity index (χ0n) is 13.3. The third kappa shape index (κ3) is 3.74. The molecular formula is C20H25N. The van der Waals surface area contributed by atoms with Gasteiger partial charge in [0.25, 0.3) is 0 Å².